The first-order valence-electron chi connectivity index (χ1n) is 40.4. The van der Waals surface area contributed by atoms with E-state index in [1.165, 1.54) is 212 Å². The molecular weight excluding hydrogens is 1270 g/mol. The van der Waals surface area contributed by atoms with E-state index in [-0.39, 0.29) is 25.7 Å². The Balaban J connectivity index is 5.28. The lowest BCUT2D eigenvalue weighted by Gasteiger charge is -2.21. The third kappa shape index (κ3) is 69.5. The van der Waals surface area contributed by atoms with Gasteiger partial charge in [-0.25, -0.2) is 9.13 Å². The van der Waals surface area contributed by atoms with E-state index in [2.05, 4.69) is 48.5 Å². The van der Waals surface area contributed by atoms with Crippen LogP contribution in [0, 0.1) is 17.8 Å². The summed E-state index contributed by atoms with van der Waals surface area (Å²) in [5.41, 5.74) is 0. The van der Waals surface area contributed by atoms with Gasteiger partial charge in [-0.1, -0.05) is 350 Å². The highest BCUT2D eigenvalue weighted by atomic mass is 31.2. The number of phosphoric acid groups is 2. The van der Waals surface area contributed by atoms with Gasteiger partial charge in [0.2, 0.25) is 0 Å². The molecule has 0 aliphatic heterocycles. The maximum atomic E-state index is 13.1. The van der Waals surface area contributed by atoms with Crippen LogP contribution in [0.25, 0.3) is 0 Å². The highest BCUT2D eigenvalue weighted by Gasteiger charge is 2.30. The number of aliphatic hydroxyl groups excluding tert-OH is 1. The van der Waals surface area contributed by atoms with Crippen molar-refractivity contribution in [2.24, 2.45) is 17.8 Å². The first-order chi connectivity index (χ1) is 46.8. The second kappa shape index (κ2) is 68.5. The summed E-state index contributed by atoms with van der Waals surface area (Å²) in [6.45, 7) is 12.0. The third-order valence-corrected chi connectivity index (χ3v) is 20.8. The molecule has 0 aliphatic rings. The molecule has 97 heavy (non-hydrogen) atoms. The van der Waals surface area contributed by atoms with Crippen molar-refractivity contribution in [1.29, 1.82) is 0 Å². The maximum absolute atomic E-state index is 13.1. The van der Waals surface area contributed by atoms with Gasteiger partial charge in [-0.2, -0.15) is 0 Å². The summed E-state index contributed by atoms with van der Waals surface area (Å²) in [6, 6.07) is 0. The Labute approximate surface area is 594 Å². The number of esters is 4. The van der Waals surface area contributed by atoms with Crippen LogP contribution in [0.2, 0.25) is 0 Å². The van der Waals surface area contributed by atoms with Gasteiger partial charge >= 0.3 is 39.5 Å². The molecule has 0 amide bonds. The molecule has 0 saturated heterocycles. The lowest BCUT2D eigenvalue weighted by Crippen LogP contribution is -2.30. The van der Waals surface area contributed by atoms with Crippen LogP contribution in [-0.4, -0.2) is 96.7 Å². The molecule has 0 bridgehead atoms. The van der Waals surface area contributed by atoms with Gasteiger partial charge in [0.1, 0.15) is 19.3 Å². The van der Waals surface area contributed by atoms with Crippen LogP contribution < -0.4 is 0 Å². The lowest BCUT2D eigenvalue weighted by molar-refractivity contribution is -0.161. The third-order valence-electron chi connectivity index (χ3n) is 18.9. The Morgan fingerprint density at radius 1 is 0.299 bits per heavy atom. The molecule has 3 N–H and O–H groups in total. The quantitative estimate of drug-likeness (QED) is 0.0222. The minimum absolute atomic E-state index is 0.107. The van der Waals surface area contributed by atoms with Crippen LogP contribution in [0.5, 0.6) is 0 Å². The Kier molecular flexibility index (Phi) is 67.1. The summed E-state index contributed by atoms with van der Waals surface area (Å²) < 4.78 is 68.7. The Bertz CT molecular complexity index is 1890. The second-order valence-corrected chi connectivity index (χ2v) is 32.0. The van der Waals surface area contributed by atoms with Gasteiger partial charge < -0.3 is 33.8 Å². The summed E-state index contributed by atoms with van der Waals surface area (Å²) in [7, 11) is -9.92. The number of phosphoric ester groups is 2. The summed E-state index contributed by atoms with van der Waals surface area (Å²) in [5, 5.41) is 10.6. The van der Waals surface area contributed by atoms with Gasteiger partial charge in [0, 0.05) is 25.7 Å². The average Bonchev–Trinajstić information content (AvgIpc) is 1.09. The summed E-state index contributed by atoms with van der Waals surface area (Å²) in [4.78, 5) is 73.0. The topological polar surface area (TPSA) is 237 Å². The minimum atomic E-state index is -4.96. The number of hydrogen-bond acceptors (Lipinski definition) is 15. The molecular formula is C78H152O17P2. The first kappa shape index (κ1) is 95.1. The Hall–Kier alpha value is -1.94. The molecule has 17 nitrogen and oxygen atoms in total. The number of unbranched alkanes of at least 4 members (excludes halogenated alkanes) is 42. The molecule has 0 saturated carbocycles. The molecule has 0 heterocycles. The SMILES string of the molecule is CCCCCCCCCCCCCCCCC(=O)O[C@H](COC(=O)CCCCCCCCCCC(C)CC)COP(=O)(O)OC[C@H](O)COP(=O)(O)OC[C@@H](COC(=O)CCCCCCCCCCCCC(C)CC)OC(=O)CCCCCCCCCCCCCCCCC(C)C. The largest absolute Gasteiger partial charge is 0.472 e. The zero-order valence-electron chi connectivity index (χ0n) is 63.5. The van der Waals surface area contributed by atoms with Gasteiger partial charge in [0.15, 0.2) is 12.2 Å². The molecule has 0 fully saturated rings. The van der Waals surface area contributed by atoms with Crippen molar-refractivity contribution in [3.63, 3.8) is 0 Å². The van der Waals surface area contributed by atoms with Crippen LogP contribution in [0.3, 0.4) is 0 Å². The van der Waals surface area contributed by atoms with E-state index >= 15 is 0 Å². The summed E-state index contributed by atoms with van der Waals surface area (Å²) in [5.74, 6) is 0.269. The van der Waals surface area contributed by atoms with Gasteiger partial charge in [-0.15, -0.1) is 0 Å². The molecule has 0 aromatic carbocycles. The van der Waals surface area contributed by atoms with Gasteiger partial charge in [-0.3, -0.25) is 37.3 Å². The average molecular weight is 1420 g/mol. The van der Waals surface area contributed by atoms with Crippen molar-refractivity contribution in [3.05, 3.63) is 0 Å². The van der Waals surface area contributed by atoms with Gasteiger partial charge in [0.05, 0.1) is 26.4 Å². The highest BCUT2D eigenvalue weighted by molar-refractivity contribution is 7.47. The van der Waals surface area contributed by atoms with Crippen molar-refractivity contribution in [3.8, 4) is 0 Å². The molecule has 0 aromatic heterocycles. The number of aliphatic hydroxyl groups is 1. The molecule has 576 valence electrons. The maximum Gasteiger partial charge on any atom is 0.472 e. The van der Waals surface area contributed by atoms with E-state index in [4.69, 9.17) is 37.0 Å². The normalized spacial score (nSPS) is 14.6. The van der Waals surface area contributed by atoms with E-state index in [1.54, 1.807) is 0 Å². The molecule has 0 spiro atoms. The van der Waals surface area contributed by atoms with E-state index < -0.39 is 97.5 Å². The first-order valence-corrected chi connectivity index (χ1v) is 43.4. The van der Waals surface area contributed by atoms with E-state index in [0.717, 1.165) is 108 Å². The molecule has 0 aromatic rings. The smallest absolute Gasteiger partial charge is 0.462 e. The predicted octanol–water partition coefficient (Wildman–Crippen LogP) is 23.0. The van der Waals surface area contributed by atoms with Crippen LogP contribution in [0.4, 0.5) is 0 Å². The van der Waals surface area contributed by atoms with Crippen molar-refractivity contribution < 1.29 is 80.2 Å². The minimum Gasteiger partial charge on any atom is -0.462 e. The fourth-order valence-corrected chi connectivity index (χ4v) is 13.5. The number of ether oxygens (including phenoxy) is 4. The number of carbonyl (C=O) groups excluding carboxylic acids is 4. The molecule has 0 rings (SSSR count). The zero-order valence-corrected chi connectivity index (χ0v) is 65.3. The van der Waals surface area contributed by atoms with E-state index in [1.807, 2.05) is 0 Å². The summed E-state index contributed by atoms with van der Waals surface area (Å²) in [6.07, 6.45) is 55.2. The molecule has 7 atom stereocenters. The fourth-order valence-electron chi connectivity index (χ4n) is 11.9. The fraction of sp³-hybridized carbons (Fsp3) is 0.949. The van der Waals surface area contributed by atoms with Crippen LogP contribution in [0.1, 0.15) is 402 Å². The van der Waals surface area contributed by atoms with Crippen molar-refractivity contribution >= 4 is 39.5 Å². The van der Waals surface area contributed by atoms with Crippen LogP contribution in [0.15, 0.2) is 0 Å². The summed E-state index contributed by atoms with van der Waals surface area (Å²) >= 11 is 0. The van der Waals surface area contributed by atoms with Crippen molar-refractivity contribution in [2.75, 3.05) is 39.6 Å². The van der Waals surface area contributed by atoms with E-state index in [0.29, 0.717) is 25.7 Å². The second-order valence-electron chi connectivity index (χ2n) is 29.1. The Morgan fingerprint density at radius 2 is 0.526 bits per heavy atom. The molecule has 4 unspecified atom stereocenters. The van der Waals surface area contributed by atoms with Crippen molar-refractivity contribution in [2.45, 2.75) is 420 Å². The van der Waals surface area contributed by atoms with Crippen LogP contribution >= 0.6 is 15.6 Å². The predicted molar refractivity (Wildman–Crippen MR) is 395 cm³/mol. The standard InChI is InChI=1S/C78H152O17P2/c1-8-11-12-13-14-15-16-17-21-24-31-40-47-54-61-77(82)95-74(66-89-76(81)60-53-46-39-34-33-37-44-51-58-71(7)10-3)68-93-97(86,87)91-64-72(79)63-90-96(84,85)92-67-73(65-88-75(80)59-52-45-38-30-27-26-29-36-43-50-57-70(6)9-2)94-78(83)62-55-48-41-32-25-22-19-18-20-23-28-35-42-49-56-69(4)5/h69-74,79H,8-68H2,1-7H3,(H,84,85)(H,86,87)/t70?,71?,72-,73-,74-/m1/s1. The van der Waals surface area contributed by atoms with Gasteiger partial charge in [0.25, 0.3) is 0 Å². The van der Waals surface area contributed by atoms with E-state index in [9.17, 15) is 43.2 Å². The Morgan fingerprint density at radius 3 is 0.784 bits per heavy atom. The molecule has 0 aliphatic carbocycles. The number of rotatable bonds is 76. The van der Waals surface area contributed by atoms with Gasteiger partial charge in [-0.05, 0) is 43.4 Å². The lowest BCUT2D eigenvalue weighted by atomic mass is 9.99. The number of hydrogen-bond donors (Lipinski definition) is 3. The van der Waals surface area contributed by atoms with Crippen molar-refractivity contribution in [1.82, 2.24) is 0 Å². The highest BCUT2D eigenvalue weighted by Crippen LogP contribution is 2.45. The monoisotopic (exact) mass is 1420 g/mol. The zero-order chi connectivity index (χ0) is 71.6. The van der Waals surface area contributed by atoms with Crippen LogP contribution in [-0.2, 0) is 65.4 Å². The molecule has 19 heteroatoms. The number of carbonyl (C=O) groups is 4. The molecule has 0 radical (unpaired) electrons.